The van der Waals surface area contributed by atoms with Crippen LogP contribution in [-0.2, 0) is 4.74 Å². The van der Waals surface area contributed by atoms with Crippen molar-refractivity contribution in [1.29, 1.82) is 0 Å². The molecule has 1 unspecified atom stereocenters. The van der Waals surface area contributed by atoms with Gasteiger partial charge in [-0.3, -0.25) is 11.3 Å². The van der Waals surface area contributed by atoms with E-state index in [0.29, 0.717) is 13.2 Å². The number of hydrogen-bond donors (Lipinski definition) is 2. The minimum Gasteiger partial charge on any atom is -0.490 e. The lowest BCUT2D eigenvalue weighted by Gasteiger charge is -2.33. The number of benzene rings is 1. The van der Waals surface area contributed by atoms with Crippen LogP contribution in [0.15, 0.2) is 18.2 Å². The van der Waals surface area contributed by atoms with E-state index >= 15 is 0 Å². The molecular weight excluding hydrogens is 244 g/mol. The first-order valence-corrected chi connectivity index (χ1v) is 6.49. The number of hydrazine groups is 1. The van der Waals surface area contributed by atoms with Crippen molar-refractivity contribution in [3.63, 3.8) is 0 Å². The fourth-order valence-corrected chi connectivity index (χ4v) is 2.18. The number of nitrogens with two attached hydrogens (primary N) is 1. The molecule has 1 aromatic carbocycles. The fourth-order valence-electron chi connectivity index (χ4n) is 2.18. The minimum atomic E-state index is -0.422. The molecule has 2 rings (SSSR count). The van der Waals surface area contributed by atoms with Gasteiger partial charge in [-0.05, 0) is 31.5 Å². The molecule has 0 saturated carbocycles. The van der Waals surface area contributed by atoms with Crippen molar-refractivity contribution in [3.8, 4) is 11.5 Å². The molecule has 1 aliphatic heterocycles. The summed E-state index contributed by atoms with van der Waals surface area (Å²) in [6.07, 6.45) is 0.895. The van der Waals surface area contributed by atoms with Crippen LogP contribution >= 0.6 is 0 Å². The van der Waals surface area contributed by atoms with E-state index in [1.807, 2.05) is 32.0 Å². The summed E-state index contributed by atoms with van der Waals surface area (Å²) >= 11 is 0. The maximum Gasteiger partial charge on any atom is 0.161 e. The molecule has 1 atom stereocenters. The van der Waals surface area contributed by atoms with Gasteiger partial charge >= 0.3 is 0 Å². The first kappa shape index (κ1) is 14.1. The lowest BCUT2D eigenvalue weighted by atomic mass is 9.92. The van der Waals surface area contributed by atoms with Gasteiger partial charge in [-0.1, -0.05) is 6.07 Å². The Hall–Kier alpha value is -1.30. The Morgan fingerprint density at radius 1 is 1.26 bits per heavy atom. The third-order valence-corrected chi connectivity index (χ3v) is 3.49. The Morgan fingerprint density at radius 2 is 1.95 bits per heavy atom. The van der Waals surface area contributed by atoms with E-state index in [0.717, 1.165) is 23.5 Å². The molecule has 0 aromatic heterocycles. The molecule has 0 radical (unpaired) electrons. The van der Waals surface area contributed by atoms with Crippen molar-refractivity contribution < 1.29 is 14.2 Å². The molecule has 5 nitrogen and oxygen atoms in total. The highest BCUT2D eigenvalue weighted by Gasteiger charge is 2.30. The van der Waals surface area contributed by atoms with Crippen LogP contribution in [0.25, 0.3) is 0 Å². The number of fused-ring (bicyclic) bond motifs is 1. The average molecular weight is 266 g/mol. The average Bonchev–Trinajstić information content (AvgIpc) is 2.64. The molecule has 0 saturated heterocycles. The zero-order valence-corrected chi connectivity index (χ0v) is 11.7. The maximum atomic E-state index is 5.70. The predicted octanol–water partition coefficient (Wildman–Crippen LogP) is 1.78. The maximum absolute atomic E-state index is 5.70. The standard InChI is InChI=1S/C14H22N2O3/c1-14(2,17-3)13(16-15)10-5-6-11-12(9-10)19-8-4-7-18-11/h5-6,9,13,16H,4,7-8,15H2,1-3H3. The summed E-state index contributed by atoms with van der Waals surface area (Å²) in [5.41, 5.74) is 3.40. The highest BCUT2D eigenvalue weighted by atomic mass is 16.5. The van der Waals surface area contributed by atoms with Crippen molar-refractivity contribution >= 4 is 0 Å². The molecule has 0 spiro atoms. The molecular formula is C14H22N2O3. The van der Waals surface area contributed by atoms with Crippen molar-refractivity contribution in [2.24, 2.45) is 5.84 Å². The van der Waals surface area contributed by atoms with Crippen molar-refractivity contribution in [2.75, 3.05) is 20.3 Å². The highest BCUT2D eigenvalue weighted by Crippen LogP contribution is 2.35. The van der Waals surface area contributed by atoms with Gasteiger partial charge in [-0.25, -0.2) is 0 Å². The zero-order valence-electron chi connectivity index (χ0n) is 11.7. The van der Waals surface area contributed by atoms with Crippen LogP contribution in [0.2, 0.25) is 0 Å². The Bertz CT molecular complexity index is 435. The second-order valence-electron chi connectivity index (χ2n) is 5.16. The normalized spacial score (nSPS) is 16.8. The molecule has 1 aromatic rings. The van der Waals surface area contributed by atoms with Crippen LogP contribution in [0, 0.1) is 0 Å². The third kappa shape index (κ3) is 3.00. The summed E-state index contributed by atoms with van der Waals surface area (Å²) in [4.78, 5) is 0. The van der Waals surface area contributed by atoms with Crippen LogP contribution in [0.1, 0.15) is 31.9 Å². The molecule has 3 N–H and O–H groups in total. The number of ether oxygens (including phenoxy) is 3. The first-order valence-electron chi connectivity index (χ1n) is 6.49. The van der Waals surface area contributed by atoms with Crippen molar-refractivity contribution in [3.05, 3.63) is 23.8 Å². The minimum absolute atomic E-state index is 0.130. The molecule has 106 valence electrons. The summed E-state index contributed by atoms with van der Waals surface area (Å²) in [7, 11) is 1.67. The van der Waals surface area contributed by atoms with Gasteiger partial charge in [0.25, 0.3) is 0 Å². The van der Waals surface area contributed by atoms with E-state index in [9.17, 15) is 0 Å². The predicted molar refractivity (Wildman–Crippen MR) is 73.2 cm³/mol. The quantitative estimate of drug-likeness (QED) is 0.642. The van der Waals surface area contributed by atoms with Gasteiger partial charge in [0, 0.05) is 13.5 Å². The van der Waals surface area contributed by atoms with Crippen LogP contribution in [0.5, 0.6) is 11.5 Å². The second kappa shape index (κ2) is 5.77. The summed E-state index contributed by atoms with van der Waals surface area (Å²) < 4.78 is 16.8. The summed E-state index contributed by atoms with van der Waals surface area (Å²) in [5.74, 6) is 7.22. The summed E-state index contributed by atoms with van der Waals surface area (Å²) in [6, 6.07) is 5.74. The van der Waals surface area contributed by atoms with E-state index in [-0.39, 0.29) is 6.04 Å². The van der Waals surface area contributed by atoms with Gasteiger partial charge in [0.1, 0.15) is 0 Å². The molecule has 1 heterocycles. The molecule has 1 aliphatic rings. The van der Waals surface area contributed by atoms with Gasteiger partial charge in [0.15, 0.2) is 11.5 Å². The third-order valence-electron chi connectivity index (χ3n) is 3.49. The van der Waals surface area contributed by atoms with Crippen LogP contribution in [-0.4, -0.2) is 25.9 Å². The largest absolute Gasteiger partial charge is 0.490 e. The zero-order chi connectivity index (χ0) is 13.9. The Balaban J connectivity index is 2.32. The molecule has 0 bridgehead atoms. The molecule has 0 amide bonds. The number of nitrogens with one attached hydrogen (secondary N) is 1. The summed E-state index contributed by atoms with van der Waals surface area (Å²) in [5, 5.41) is 0. The molecule has 19 heavy (non-hydrogen) atoms. The summed E-state index contributed by atoms with van der Waals surface area (Å²) in [6.45, 7) is 5.33. The SMILES string of the molecule is COC(C)(C)C(NN)c1ccc2c(c1)OCCCO2. The van der Waals surface area contributed by atoms with Crippen LogP contribution in [0.4, 0.5) is 0 Å². The van der Waals surface area contributed by atoms with Gasteiger partial charge in [-0.15, -0.1) is 0 Å². The Labute approximate surface area is 114 Å². The Morgan fingerprint density at radius 3 is 2.58 bits per heavy atom. The van der Waals surface area contributed by atoms with Gasteiger partial charge in [0.05, 0.1) is 24.9 Å². The first-order chi connectivity index (χ1) is 9.08. The lowest BCUT2D eigenvalue weighted by Crippen LogP contribution is -2.43. The van der Waals surface area contributed by atoms with E-state index in [4.69, 9.17) is 20.1 Å². The monoisotopic (exact) mass is 266 g/mol. The lowest BCUT2D eigenvalue weighted by molar-refractivity contribution is -0.0112. The fraction of sp³-hybridized carbons (Fsp3) is 0.571. The van der Waals surface area contributed by atoms with E-state index in [1.54, 1.807) is 7.11 Å². The van der Waals surface area contributed by atoms with Crippen LogP contribution in [0.3, 0.4) is 0 Å². The molecule has 0 fully saturated rings. The number of hydrogen-bond acceptors (Lipinski definition) is 5. The van der Waals surface area contributed by atoms with Crippen molar-refractivity contribution in [1.82, 2.24) is 5.43 Å². The van der Waals surface area contributed by atoms with Crippen LogP contribution < -0.4 is 20.7 Å². The van der Waals surface area contributed by atoms with Gasteiger partial charge in [0.2, 0.25) is 0 Å². The smallest absolute Gasteiger partial charge is 0.161 e. The van der Waals surface area contributed by atoms with E-state index in [2.05, 4.69) is 5.43 Å². The Kier molecular flexibility index (Phi) is 4.29. The van der Waals surface area contributed by atoms with Gasteiger partial charge in [-0.2, -0.15) is 0 Å². The number of methoxy groups -OCH3 is 1. The molecule has 0 aliphatic carbocycles. The van der Waals surface area contributed by atoms with Crippen molar-refractivity contribution in [2.45, 2.75) is 31.9 Å². The molecule has 5 heteroatoms. The second-order valence-corrected chi connectivity index (χ2v) is 5.16. The number of rotatable bonds is 4. The topological polar surface area (TPSA) is 65.7 Å². The van der Waals surface area contributed by atoms with Gasteiger partial charge < -0.3 is 14.2 Å². The highest BCUT2D eigenvalue weighted by molar-refractivity contribution is 5.44. The van der Waals surface area contributed by atoms with E-state index < -0.39 is 5.60 Å². The van der Waals surface area contributed by atoms with E-state index in [1.165, 1.54) is 0 Å².